The highest BCUT2D eigenvalue weighted by Gasteiger charge is 2.23. The predicted molar refractivity (Wildman–Crippen MR) is 75.2 cm³/mol. The second-order valence-corrected chi connectivity index (χ2v) is 5.96. The topological polar surface area (TPSA) is 46.9 Å². The smallest absolute Gasteiger partial charge is 0.228 e. The highest BCUT2D eigenvalue weighted by Crippen LogP contribution is 2.21. The number of carbonyl (C=O) groups is 1. The summed E-state index contributed by atoms with van der Waals surface area (Å²) in [4.78, 5) is 17.7. The first kappa shape index (κ1) is 12.4. The lowest BCUT2D eigenvalue weighted by Crippen LogP contribution is -2.42. The minimum Gasteiger partial charge on any atom is -0.351 e. The van der Waals surface area contributed by atoms with Crippen molar-refractivity contribution in [1.82, 2.24) is 14.9 Å². The molecule has 0 radical (unpaired) electrons. The van der Waals surface area contributed by atoms with Gasteiger partial charge in [0.05, 0.1) is 5.92 Å². The Labute approximate surface area is 116 Å². The van der Waals surface area contributed by atoms with E-state index in [1.54, 1.807) is 11.3 Å². The van der Waals surface area contributed by atoms with Gasteiger partial charge in [-0.1, -0.05) is 6.07 Å². The van der Waals surface area contributed by atoms with Crippen LogP contribution in [0.15, 0.2) is 29.9 Å². The third-order valence-electron chi connectivity index (χ3n) is 3.64. The van der Waals surface area contributed by atoms with Gasteiger partial charge in [0.2, 0.25) is 5.91 Å². The Kier molecular flexibility index (Phi) is 3.38. The van der Waals surface area contributed by atoms with E-state index in [0.29, 0.717) is 0 Å². The van der Waals surface area contributed by atoms with Gasteiger partial charge in [-0.25, -0.2) is 4.98 Å². The van der Waals surface area contributed by atoms with Crippen LogP contribution in [0.25, 0.3) is 0 Å². The number of nitrogens with zero attached hydrogens (tertiary/aromatic N) is 2. The number of imidazole rings is 1. The van der Waals surface area contributed by atoms with Crippen molar-refractivity contribution in [3.63, 3.8) is 0 Å². The molecule has 0 fully saturated rings. The molecule has 0 spiro atoms. The van der Waals surface area contributed by atoms with E-state index in [4.69, 9.17) is 0 Å². The van der Waals surface area contributed by atoms with Gasteiger partial charge in [-0.15, -0.1) is 11.3 Å². The van der Waals surface area contributed by atoms with Crippen molar-refractivity contribution in [2.45, 2.75) is 38.3 Å². The van der Waals surface area contributed by atoms with Crippen molar-refractivity contribution in [3.05, 3.63) is 40.6 Å². The maximum atomic E-state index is 12.2. The molecule has 4 nitrogen and oxygen atoms in total. The summed E-state index contributed by atoms with van der Waals surface area (Å²) in [5.74, 6) is 1.18. The van der Waals surface area contributed by atoms with E-state index in [2.05, 4.69) is 14.9 Å². The maximum Gasteiger partial charge on any atom is 0.228 e. The van der Waals surface area contributed by atoms with Crippen LogP contribution in [0.2, 0.25) is 0 Å². The van der Waals surface area contributed by atoms with Crippen molar-refractivity contribution in [3.8, 4) is 0 Å². The Morgan fingerprint density at radius 3 is 3.32 bits per heavy atom. The summed E-state index contributed by atoms with van der Waals surface area (Å²) in [5.41, 5.74) is 0. The fourth-order valence-electron chi connectivity index (χ4n) is 2.48. The summed E-state index contributed by atoms with van der Waals surface area (Å²) in [5, 5.41) is 5.17. The van der Waals surface area contributed by atoms with Crippen LogP contribution < -0.4 is 5.32 Å². The number of amides is 1. The first-order valence-electron chi connectivity index (χ1n) is 6.58. The Hall–Kier alpha value is -1.62. The third-order valence-corrected chi connectivity index (χ3v) is 4.70. The molecule has 3 heterocycles. The minimum absolute atomic E-state index is 0.0656. The maximum absolute atomic E-state index is 12.2. The van der Waals surface area contributed by atoms with Crippen molar-refractivity contribution in [1.29, 1.82) is 0 Å². The Bertz CT molecular complexity index is 561. The number of hydrogen-bond donors (Lipinski definition) is 1. The van der Waals surface area contributed by atoms with Crippen LogP contribution in [-0.4, -0.2) is 21.5 Å². The second-order valence-electron chi connectivity index (χ2n) is 4.98. The van der Waals surface area contributed by atoms with Gasteiger partial charge in [-0.3, -0.25) is 4.79 Å². The molecule has 0 aliphatic carbocycles. The van der Waals surface area contributed by atoms with Crippen LogP contribution in [0.4, 0.5) is 0 Å². The summed E-state index contributed by atoms with van der Waals surface area (Å²) in [6.45, 7) is 2.80. The number of rotatable bonds is 3. The van der Waals surface area contributed by atoms with E-state index in [1.807, 2.05) is 36.8 Å². The molecule has 0 unspecified atom stereocenters. The molecule has 1 aliphatic heterocycles. The summed E-state index contributed by atoms with van der Waals surface area (Å²) in [6, 6.07) is 4.22. The number of thiophene rings is 1. The lowest BCUT2D eigenvalue weighted by Gasteiger charge is -2.25. The molecule has 0 aromatic carbocycles. The number of aryl methyl sites for hydroxylation is 1. The van der Waals surface area contributed by atoms with Gasteiger partial charge in [0, 0.05) is 36.3 Å². The van der Waals surface area contributed by atoms with Crippen molar-refractivity contribution in [2.75, 3.05) is 0 Å². The van der Waals surface area contributed by atoms with E-state index in [0.717, 1.165) is 30.1 Å². The van der Waals surface area contributed by atoms with E-state index in [9.17, 15) is 4.79 Å². The number of hydrogen-bond acceptors (Lipinski definition) is 3. The molecule has 100 valence electrons. The Balaban J connectivity index is 1.62. The lowest BCUT2D eigenvalue weighted by molar-refractivity contribution is -0.123. The number of aromatic nitrogens is 2. The molecule has 5 heteroatoms. The monoisotopic (exact) mass is 275 g/mol. The molecule has 19 heavy (non-hydrogen) atoms. The van der Waals surface area contributed by atoms with Gasteiger partial charge in [0.25, 0.3) is 0 Å². The van der Waals surface area contributed by atoms with E-state index < -0.39 is 0 Å². The van der Waals surface area contributed by atoms with Gasteiger partial charge in [0.1, 0.15) is 5.82 Å². The molecule has 1 N–H and O–H groups in total. The summed E-state index contributed by atoms with van der Waals surface area (Å²) < 4.78 is 2.13. The lowest BCUT2D eigenvalue weighted by atomic mass is 10.0. The van der Waals surface area contributed by atoms with Crippen LogP contribution in [-0.2, 0) is 17.8 Å². The van der Waals surface area contributed by atoms with Crippen molar-refractivity contribution >= 4 is 17.2 Å². The van der Waals surface area contributed by atoms with Gasteiger partial charge in [-0.2, -0.15) is 0 Å². The highest BCUT2D eigenvalue weighted by atomic mass is 32.1. The second kappa shape index (κ2) is 5.17. The molecule has 0 bridgehead atoms. The highest BCUT2D eigenvalue weighted by molar-refractivity contribution is 7.10. The van der Waals surface area contributed by atoms with Crippen LogP contribution in [0, 0.1) is 0 Å². The Morgan fingerprint density at radius 1 is 1.63 bits per heavy atom. The van der Waals surface area contributed by atoms with Gasteiger partial charge in [-0.05, 0) is 24.8 Å². The van der Waals surface area contributed by atoms with Gasteiger partial charge >= 0.3 is 0 Å². The van der Waals surface area contributed by atoms with Gasteiger partial charge in [0.15, 0.2) is 0 Å². The normalized spacial score (nSPS) is 19.7. The van der Waals surface area contributed by atoms with Gasteiger partial charge < -0.3 is 9.88 Å². The molecular formula is C14H17N3OS. The molecule has 3 rings (SSSR count). The number of fused-ring (bicyclic) bond motifs is 1. The van der Waals surface area contributed by atoms with E-state index in [-0.39, 0.29) is 17.9 Å². The zero-order valence-corrected chi connectivity index (χ0v) is 11.7. The predicted octanol–water partition coefficient (Wildman–Crippen LogP) is 2.18. The van der Waals surface area contributed by atoms with Crippen LogP contribution >= 0.6 is 11.3 Å². The average Bonchev–Trinajstić information content (AvgIpc) is 3.08. The van der Waals surface area contributed by atoms with E-state index in [1.165, 1.54) is 0 Å². The molecule has 2 atom stereocenters. The largest absolute Gasteiger partial charge is 0.351 e. The fraction of sp³-hybridized carbons (Fsp3) is 0.429. The van der Waals surface area contributed by atoms with E-state index >= 15 is 0 Å². The zero-order valence-electron chi connectivity index (χ0n) is 10.9. The van der Waals surface area contributed by atoms with Crippen LogP contribution in [0.1, 0.15) is 30.0 Å². The quantitative estimate of drug-likeness (QED) is 0.933. The molecule has 2 aromatic rings. The minimum atomic E-state index is -0.0656. The SMILES string of the molecule is C[C@@H](C(=O)N[C@@H]1CCc2nccn2C1)c1cccs1. The number of nitrogens with one attached hydrogen (secondary N) is 1. The molecule has 1 amide bonds. The Morgan fingerprint density at radius 2 is 2.53 bits per heavy atom. The molecule has 2 aromatic heterocycles. The average molecular weight is 275 g/mol. The first-order chi connectivity index (χ1) is 9.24. The molecule has 0 saturated heterocycles. The first-order valence-corrected chi connectivity index (χ1v) is 7.46. The molecular weight excluding hydrogens is 258 g/mol. The summed E-state index contributed by atoms with van der Waals surface area (Å²) in [7, 11) is 0. The van der Waals surface area contributed by atoms with Crippen LogP contribution in [0.5, 0.6) is 0 Å². The fourth-order valence-corrected chi connectivity index (χ4v) is 3.26. The third kappa shape index (κ3) is 2.56. The number of carbonyl (C=O) groups excluding carboxylic acids is 1. The van der Waals surface area contributed by atoms with Crippen molar-refractivity contribution in [2.24, 2.45) is 0 Å². The zero-order chi connectivity index (χ0) is 13.2. The standard InChI is InChI=1S/C14H17N3OS/c1-10(12-3-2-8-19-12)14(18)16-11-4-5-13-15-6-7-17(13)9-11/h2-3,6-8,10-11H,4-5,9H2,1H3,(H,16,18)/t10-,11-/m1/s1. The molecule has 1 aliphatic rings. The molecule has 0 saturated carbocycles. The summed E-state index contributed by atoms with van der Waals surface area (Å²) in [6.07, 6.45) is 5.72. The van der Waals surface area contributed by atoms with Crippen molar-refractivity contribution < 1.29 is 4.79 Å². The summed E-state index contributed by atoms with van der Waals surface area (Å²) >= 11 is 1.64. The van der Waals surface area contributed by atoms with Crippen LogP contribution in [0.3, 0.4) is 0 Å².